The number of nitrogens with one attached hydrogen (secondary N) is 2. The Labute approximate surface area is 92.0 Å². The van der Waals surface area contributed by atoms with E-state index in [0.29, 0.717) is 6.04 Å². The highest BCUT2D eigenvalue weighted by Crippen LogP contribution is 2.18. The van der Waals surface area contributed by atoms with Gasteiger partial charge in [-0.2, -0.15) is 0 Å². The van der Waals surface area contributed by atoms with Crippen molar-refractivity contribution in [1.82, 2.24) is 10.6 Å². The van der Waals surface area contributed by atoms with Gasteiger partial charge in [0.1, 0.15) is 0 Å². The summed E-state index contributed by atoms with van der Waals surface area (Å²) in [6.07, 6.45) is 8.65. The van der Waals surface area contributed by atoms with Gasteiger partial charge >= 0.3 is 0 Å². The first-order valence-corrected chi connectivity index (χ1v) is 6.37. The van der Waals surface area contributed by atoms with Gasteiger partial charge in [0.2, 0.25) is 5.91 Å². The second-order valence-electron chi connectivity index (χ2n) is 4.89. The Kier molecular flexibility index (Phi) is 4.01. The zero-order valence-corrected chi connectivity index (χ0v) is 9.43. The highest BCUT2D eigenvalue weighted by Gasteiger charge is 2.24. The molecule has 1 amide bonds. The van der Waals surface area contributed by atoms with Crippen molar-refractivity contribution in [3.63, 3.8) is 0 Å². The van der Waals surface area contributed by atoms with Crippen molar-refractivity contribution >= 4 is 5.91 Å². The molecule has 2 N–H and O–H groups in total. The largest absolute Gasteiger partial charge is 0.353 e. The second kappa shape index (κ2) is 5.50. The number of carbonyl (C=O) groups is 1. The smallest absolute Gasteiger partial charge is 0.224 e. The van der Waals surface area contributed by atoms with E-state index >= 15 is 0 Å². The molecule has 86 valence electrons. The molecule has 1 saturated carbocycles. The van der Waals surface area contributed by atoms with Crippen molar-refractivity contribution in [2.45, 2.75) is 51.0 Å². The Hall–Kier alpha value is -0.570. The van der Waals surface area contributed by atoms with E-state index in [-0.39, 0.29) is 11.8 Å². The van der Waals surface area contributed by atoms with Gasteiger partial charge in [-0.3, -0.25) is 4.79 Å². The maximum absolute atomic E-state index is 11.9. The third-order valence-electron chi connectivity index (χ3n) is 3.63. The SMILES string of the molecule is O=C(NC1CCCCCC1)C1CCNC1. The van der Waals surface area contributed by atoms with Gasteiger partial charge in [-0.1, -0.05) is 25.7 Å². The first kappa shape index (κ1) is 10.9. The van der Waals surface area contributed by atoms with E-state index in [4.69, 9.17) is 0 Å². The minimum absolute atomic E-state index is 0.230. The van der Waals surface area contributed by atoms with Crippen LogP contribution < -0.4 is 10.6 Å². The Morgan fingerprint density at radius 3 is 2.40 bits per heavy atom. The van der Waals surface area contributed by atoms with Crippen LogP contribution in [-0.2, 0) is 4.79 Å². The Morgan fingerprint density at radius 1 is 1.07 bits per heavy atom. The summed E-state index contributed by atoms with van der Waals surface area (Å²) in [5, 5.41) is 6.46. The number of rotatable bonds is 2. The Bertz CT molecular complexity index is 204. The van der Waals surface area contributed by atoms with Gasteiger partial charge in [0.25, 0.3) is 0 Å². The summed E-state index contributed by atoms with van der Waals surface area (Å²) in [5.74, 6) is 0.514. The molecule has 15 heavy (non-hydrogen) atoms. The summed E-state index contributed by atoms with van der Waals surface area (Å²) >= 11 is 0. The summed E-state index contributed by atoms with van der Waals surface area (Å²) < 4.78 is 0. The van der Waals surface area contributed by atoms with E-state index in [2.05, 4.69) is 10.6 Å². The van der Waals surface area contributed by atoms with Gasteiger partial charge in [0.15, 0.2) is 0 Å². The van der Waals surface area contributed by atoms with Crippen LogP contribution in [0.1, 0.15) is 44.9 Å². The first-order valence-electron chi connectivity index (χ1n) is 6.37. The highest BCUT2D eigenvalue weighted by molar-refractivity contribution is 5.79. The molecule has 1 saturated heterocycles. The summed E-state index contributed by atoms with van der Waals surface area (Å²) in [7, 11) is 0. The van der Waals surface area contributed by atoms with Crippen molar-refractivity contribution in [3.8, 4) is 0 Å². The van der Waals surface area contributed by atoms with E-state index in [0.717, 1.165) is 19.5 Å². The van der Waals surface area contributed by atoms with Crippen molar-refractivity contribution < 1.29 is 4.79 Å². The Morgan fingerprint density at radius 2 is 1.80 bits per heavy atom. The van der Waals surface area contributed by atoms with Crippen molar-refractivity contribution in [2.75, 3.05) is 13.1 Å². The molecule has 0 bridgehead atoms. The van der Waals surface area contributed by atoms with Crippen molar-refractivity contribution in [3.05, 3.63) is 0 Å². The fraction of sp³-hybridized carbons (Fsp3) is 0.917. The molecule has 1 heterocycles. The fourth-order valence-electron chi connectivity index (χ4n) is 2.62. The van der Waals surface area contributed by atoms with Crippen LogP contribution in [0.3, 0.4) is 0 Å². The molecule has 0 aromatic carbocycles. The normalized spacial score (nSPS) is 28.7. The fourth-order valence-corrected chi connectivity index (χ4v) is 2.62. The summed E-state index contributed by atoms with van der Waals surface area (Å²) in [6.45, 7) is 1.88. The highest BCUT2D eigenvalue weighted by atomic mass is 16.2. The van der Waals surface area contributed by atoms with Gasteiger partial charge in [-0.15, -0.1) is 0 Å². The lowest BCUT2D eigenvalue weighted by atomic mass is 10.1. The van der Waals surface area contributed by atoms with Gasteiger partial charge in [-0.05, 0) is 25.8 Å². The monoisotopic (exact) mass is 210 g/mol. The first-order chi connectivity index (χ1) is 7.36. The predicted molar refractivity (Wildman–Crippen MR) is 60.6 cm³/mol. The lowest BCUT2D eigenvalue weighted by molar-refractivity contribution is -0.125. The van der Waals surface area contributed by atoms with Gasteiger partial charge < -0.3 is 10.6 Å². The molecule has 1 aliphatic carbocycles. The maximum atomic E-state index is 11.9. The van der Waals surface area contributed by atoms with Crippen LogP contribution in [0, 0.1) is 5.92 Å². The molecule has 0 aromatic heterocycles. The lowest BCUT2D eigenvalue weighted by Gasteiger charge is -2.18. The maximum Gasteiger partial charge on any atom is 0.224 e. The van der Waals surface area contributed by atoms with Gasteiger partial charge in [0.05, 0.1) is 5.92 Å². The quantitative estimate of drug-likeness (QED) is 0.677. The Balaban J connectivity index is 1.76. The molecule has 2 fully saturated rings. The molecule has 1 aliphatic heterocycles. The van der Waals surface area contributed by atoms with Crippen LogP contribution in [0.25, 0.3) is 0 Å². The van der Waals surface area contributed by atoms with E-state index < -0.39 is 0 Å². The lowest BCUT2D eigenvalue weighted by Crippen LogP contribution is -2.39. The van der Waals surface area contributed by atoms with E-state index in [9.17, 15) is 4.79 Å². The molecule has 3 heteroatoms. The molecule has 1 atom stereocenters. The number of amides is 1. The van der Waals surface area contributed by atoms with Crippen LogP contribution in [0.2, 0.25) is 0 Å². The number of hydrogen-bond donors (Lipinski definition) is 2. The van der Waals surface area contributed by atoms with Crippen LogP contribution in [0.5, 0.6) is 0 Å². The minimum atomic E-state index is 0.230. The zero-order chi connectivity index (χ0) is 10.5. The third kappa shape index (κ3) is 3.20. The van der Waals surface area contributed by atoms with E-state index in [1.54, 1.807) is 0 Å². The second-order valence-corrected chi connectivity index (χ2v) is 4.89. The van der Waals surface area contributed by atoms with Crippen molar-refractivity contribution in [1.29, 1.82) is 0 Å². The molecule has 0 aromatic rings. The summed E-state index contributed by atoms with van der Waals surface area (Å²) in [6, 6.07) is 0.459. The predicted octanol–water partition coefficient (Wildman–Crippen LogP) is 1.43. The van der Waals surface area contributed by atoms with Crippen LogP contribution >= 0.6 is 0 Å². The molecular weight excluding hydrogens is 188 g/mol. The topological polar surface area (TPSA) is 41.1 Å². The summed E-state index contributed by atoms with van der Waals surface area (Å²) in [5.41, 5.74) is 0. The standard InChI is InChI=1S/C12H22N2O/c15-12(10-7-8-13-9-10)14-11-5-3-1-2-4-6-11/h10-11,13H,1-9H2,(H,14,15). The molecule has 2 rings (SSSR count). The van der Waals surface area contributed by atoms with Crippen LogP contribution in [0.4, 0.5) is 0 Å². The third-order valence-corrected chi connectivity index (χ3v) is 3.63. The van der Waals surface area contributed by atoms with E-state index in [1.807, 2.05) is 0 Å². The molecule has 0 radical (unpaired) electrons. The zero-order valence-electron chi connectivity index (χ0n) is 9.43. The van der Waals surface area contributed by atoms with Crippen LogP contribution in [-0.4, -0.2) is 25.0 Å². The molecule has 0 spiro atoms. The van der Waals surface area contributed by atoms with E-state index in [1.165, 1.54) is 38.5 Å². The number of carbonyl (C=O) groups excluding carboxylic acids is 1. The van der Waals surface area contributed by atoms with Crippen LogP contribution in [0.15, 0.2) is 0 Å². The van der Waals surface area contributed by atoms with Gasteiger partial charge in [0, 0.05) is 12.6 Å². The summed E-state index contributed by atoms with van der Waals surface area (Å²) in [4.78, 5) is 11.9. The van der Waals surface area contributed by atoms with Crippen molar-refractivity contribution in [2.24, 2.45) is 5.92 Å². The number of hydrogen-bond acceptors (Lipinski definition) is 2. The average Bonchev–Trinajstić information content (AvgIpc) is 2.65. The minimum Gasteiger partial charge on any atom is -0.353 e. The molecule has 1 unspecified atom stereocenters. The molecule has 3 nitrogen and oxygen atoms in total. The molecule has 2 aliphatic rings. The molecular formula is C12H22N2O. The van der Waals surface area contributed by atoms with Gasteiger partial charge in [-0.25, -0.2) is 0 Å². The average molecular weight is 210 g/mol.